The zero-order valence-electron chi connectivity index (χ0n) is 11.6. The van der Waals surface area contributed by atoms with E-state index < -0.39 is 0 Å². The number of aromatic nitrogens is 2. The van der Waals surface area contributed by atoms with Crippen LogP contribution in [0.25, 0.3) is 0 Å². The number of nitrogens with zero attached hydrogens (tertiary/aromatic N) is 3. The Hall–Kier alpha value is -0.940. The highest BCUT2D eigenvalue weighted by atomic mass is 16.5. The first-order valence-electron chi connectivity index (χ1n) is 6.91. The van der Waals surface area contributed by atoms with Crippen LogP contribution in [0.2, 0.25) is 0 Å². The molecule has 5 heteroatoms. The zero-order valence-corrected chi connectivity index (χ0v) is 11.6. The SMILES string of the molecule is CCC1CNC(C)(CC)CN1CCc1ncon1. The molecule has 5 nitrogen and oxygen atoms in total. The second-order valence-corrected chi connectivity index (χ2v) is 5.43. The van der Waals surface area contributed by atoms with Crippen molar-refractivity contribution in [3.8, 4) is 0 Å². The topological polar surface area (TPSA) is 54.2 Å². The van der Waals surface area contributed by atoms with Crippen molar-refractivity contribution in [3.63, 3.8) is 0 Å². The lowest BCUT2D eigenvalue weighted by Gasteiger charge is -2.46. The average molecular weight is 252 g/mol. The van der Waals surface area contributed by atoms with Crippen LogP contribution in [0.5, 0.6) is 0 Å². The largest absolute Gasteiger partial charge is 0.343 e. The lowest BCUT2D eigenvalue weighted by Crippen LogP contribution is -2.62. The number of hydrogen-bond donors (Lipinski definition) is 1. The third kappa shape index (κ3) is 3.09. The molecule has 1 aliphatic heterocycles. The first-order valence-corrected chi connectivity index (χ1v) is 6.91. The van der Waals surface area contributed by atoms with Gasteiger partial charge >= 0.3 is 0 Å². The number of hydrogen-bond acceptors (Lipinski definition) is 5. The molecule has 0 saturated carbocycles. The lowest BCUT2D eigenvalue weighted by molar-refractivity contribution is 0.0826. The Morgan fingerprint density at radius 3 is 3.00 bits per heavy atom. The summed E-state index contributed by atoms with van der Waals surface area (Å²) in [7, 11) is 0. The van der Waals surface area contributed by atoms with Crippen LogP contribution in [0.15, 0.2) is 10.9 Å². The standard InChI is InChI=1S/C13H24N4O/c1-4-11-8-15-13(3,5-2)9-17(11)7-6-12-14-10-18-16-12/h10-11,15H,4-9H2,1-3H3. The highest BCUT2D eigenvalue weighted by molar-refractivity contribution is 4.95. The summed E-state index contributed by atoms with van der Waals surface area (Å²) < 4.78 is 4.78. The van der Waals surface area contributed by atoms with Gasteiger partial charge in [0.25, 0.3) is 0 Å². The van der Waals surface area contributed by atoms with Crippen molar-refractivity contribution in [2.24, 2.45) is 0 Å². The average Bonchev–Trinajstić information content (AvgIpc) is 2.90. The van der Waals surface area contributed by atoms with Gasteiger partial charge in [-0.1, -0.05) is 19.0 Å². The number of rotatable bonds is 5. The van der Waals surface area contributed by atoms with Gasteiger partial charge in [0.2, 0.25) is 6.39 Å². The molecule has 0 bridgehead atoms. The smallest absolute Gasteiger partial charge is 0.213 e. The van der Waals surface area contributed by atoms with Gasteiger partial charge in [0.1, 0.15) is 0 Å². The van der Waals surface area contributed by atoms with E-state index in [4.69, 9.17) is 4.52 Å². The molecule has 0 spiro atoms. The quantitative estimate of drug-likeness (QED) is 0.860. The lowest BCUT2D eigenvalue weighted by atomic mass is 9.92. The molecule has 1 saturated heterocycles. The van der Waals surface area contributed by atoms with E-state index in [1.54, 1.807) is 0 Å². The Balaban J connectivity index is 1.93. The highest BCUT2D eigenvalue weighted by Gasteiger charge is 2.33. The fourth-order valence-corrected chi connectivity index (χ4v) is 2.57. The molecular formula is C13H24N4O. The van der Waals surface area contributed by atoms with Gasteiger partial charge in [0, 0.05) is 37.6 Å². The molecule has 18 heavy (non-hydrogen) atoms. The van der Waals surface area contributed by atoms with Gasteiger partial charge in [-0.25, -0.2) is 0 Å². The van der Waals surface area contributed by atoms with Gasteiger partial charge in [-0.15, -0.1) is 0 Å². The van der Waals surface area contributed by atoms with E-state index in [1.165, 1.54) is 12.8 Å². The summed E-state index contributed by atoms with van der Waals surface area (Å²) in [6.45, 7) is 9.99. The molecule has 2 rings (SSSR count). The van der Waals surface area contributed by atoms with E-state index in [1.807, 2.05) is 0 Å². The summed E-state index contributed by atoms with van der Waals surface area (Å²) in [5.41, 5.74) is 0.239. The normalized spacial score (nSPS) is 29.6. The van der Waals surface area contributed by atoms with Crippen LogP contribution in [0.1, 0.15) is 39.4 Å². The van der Waals surface area contributed by atoms with Crippen LogP contribution in [-0.2, 0) is 6.42 Å². The summed E-state index contributed by atoms with van der Waals surface area (Å²) in [6, 6.07) is 0.622. The molecule has 2 unspecified atom stereocenters. The molecule has 1 N–H and O–H groups in total. The first kappa shape index (κ1) is 13.5. The Bertz CT molecular complexity index is 354. The van der Waals surface area contributed by atoms with Crippen molar-refractivity contribution >= 4 is 0 Å². The predicted molar refractivity (Wildman–Crippen MR) is 70.4 cm³/mol. The maximum atomic E-state index is 4.78. The van der Waals surface area contributed by atoms with Crippen LogP contribution < -0.4 is 5.32 Å². The minimum absolute atomic E-state index is 0.239. The Morgan fingerprint density at radius 1 is 1.56 bits per heavy atom. The monoisotopic (exact) mass is 252 g/mol. The minimum Gasteiger partial charge on any atom is -0.343 e. The van der Waals surface area contributed by atoms with E-state index in [0.717, 1.165) is 38.3 Å². The van der Waals surface area contributed by atoms with Crippen LogP contribution in [-0.4, -0.2) is 46.3 Å². The van der Waals surface area contributed by atoms with E-state index >= 15 is 0 Å². The van der Waals surface area contributed by atoms with E-state index in [2.05, 4.69) is 41.1 Å². The molecule has 102 valence electrons. The molecule has 0 amide bonds. The fraction of sp³-hybridized carbons (Fsp3) is 0.846. The number of piperazine rings is 1. The third-order valence-electron chi connectivity index (χ3n) is 4.11. The zero-order chi connectivity index (χ0) is 13.0. The fourth-order valence-electron chi connectivity index (χ4n) is 2.57. The molecule has 0 aliphatic carbocycles. The van der Waals surface area contributed by atoms with Crippen LogP contribution in [0, 0.1) is 0 Å². The Morgan fingerprint density at radius 2 is 2.39 bits per heavy atom. The van der Waals surface area contributed by atoms with Crippen molar-refractivity contribution in [2.75, 3.05) is 19.6 Å². The van der Waals surface area contributed by atoms with Gasteiger partial charge in [0.05, 0.1) is 0 Å². The van der Waals surface area contributed by atoms with Crippen molar-refractivity contribution in [1.29, 1.82) is 0 Å². The number of nitrogens with one attached hydrogen (secondary N) is 1. The van der Waals surface area contributed by atoms with Crippen molar-refractivity contribution < 1.29 is 4.52 Å². The highest BCUT2D eigenvalue weighted by Crippen LogP contribution is 2.20. The summed E-state index contributed by atoms with van der Waals surface area (Å²) in [5.74, 6) is 0.807. The molecule has 2 heterocycles. The minimum atomic E-state index is 0.239. The molecule has 1 aromatic heterocycles. The predicted octanol–water partition coefficient (Wildman–Crippen LogP) is 1.46. The Labute approximate surface area is 109 Å². The maximum absolute atomic E-state index is 4.78. The van der Waals surface area contributed by atoms with Crippen LogP contribution in [0.3, 0.4) is 0 Å². The summed E-state index contributed by atoms with van der Waals surface area (Å²) >= 11 is 0. The van der Waals surface area contributed by atoms with Gasteiger partial charge in [0.15, 0.2) is 5.82 Å². The molecule has 0 radical (unpaired) electrons. The van der Waals surface area contributed by atoms with Crippen LogP contribution in [0.4, 0.5) is 0 Å². The molecular weight excluding hydrogens is 228 g/mol. The molecule has 1 aliphatic rings. The van der Waals surface area contributed by atoms with E-state index in [9.17, 15) is 0 Å². The second-order valence-electron chi connectivity index (χ2n) is 5.43. The summed E-state index contributed by atoms with van der Waals surface area (Å²) in [6.07, 6.45) is 4.61. The first-order chi connectivity index (χ1) is 8.67. The molecule has 1 aromatic rings. The van der Waals surface area contributed by atoms with Crippen molar-refractivity contribution in [3.05, 3.63) is 12.2 Å². The van der Waals surface area contributed by atoms with E-state index in [0.29, 0.717) is 6.04 Å². The molecule has 2 atom stereocenters. The third-order valence-corrected chi connectivity index (χ3v) is 4.11. The maximum Gasteiger partial charge on any atom is 0.213 e. The van der Waals surface area contributed by atoms with Crippen molar-refractivity contribution in [2.45, 2.75) is 51.6 Å². The van der Waals surface area contributed by atoms with E-state index in [-0.39, 0.29) is 5.54 Å². The molecule has 0 aromatic carbocycles. The van der Waals surface area contributed by atoms with Gasteiger partial charge in [-0.3, -0.25) is 4.90 Å². The second kappa shape index (κ2) is 5.80. The van der Waals surface area contributed by atoms with Crippen molar-refractivity contribution in [1.82, 2.24) is 20.4 Å². The summed E-state index contributed by atoms with van der Waals surface area (Å²) in [4.78, 5) is 6.65. The van der Waals surface area contributed by atoms with Gasteiger partial charge in [-0.05, 0) is 19.8 Å². The van der Waals surface area contributed by atoms with Gasteiger partial charge < -0.3 is 9.84 Å². The van der Waals surface area contributed by atoms with Crippen LogP contribution >= 0.6 is 0 Å². The van der Waals surface area contributed by atoms with Gasteiger partial charge in [-0.2, -0.15) is 4.98 Å². The Kier molecular flexibility index (Phi) is 4.35. The summed E-state index contributed by atoms with van der Waals surface area (Å²) in [5, 5.41) is 7.56. The molecule has 1 fully saturated rings.